The molecule has 18 heavy (non-hydrogen) atoms. The molecule has 0 unspecified atom stereocenters. The van der Waals surface area contributed by atoms with Gasteiger partial charge in [-0.3, -0.25) is 9.59 Å². The van der Waals surface area contributed by atoms with Gasteiger partial charge in [-0.2, -0.15) is 0 Å². The Labute approximate surface area is 107 Å². The summed E-state index contributed by atoms with van der Waals surface area (Å²) in [5.41, 5.74) is -0.370. The summed E-state index contributed by atoms with van der Waals surface area (Å²) in [6.07, 6.45) is 6.29. The minimum Gasteiger partial charge on any atom is -0.273 e. The first-order valence-corrected chi connectivity index (χ1v) is 6.66. The van der Waals surface area contributed by atoms with Gasteiger partial charge in [0, 0.05) is 5.41 Å². The molecule has 0 aromatic carbocycles. The van der Waals surface area contributed by atoms with E-state index in [2.05, 4.69) is 32.9 Å². The van der Waals surface area contributed by atoms with Crippen LogP contribution in [0.5, 0.6) is 0 Å². The smallest absolute Gasteiger partial charge is 0.248 e. The number of carbonyl (C=O) groups excluding carboxylic acids is 2. The molecule has 3 aliphatic carbocycles. The molecule has 98 valence electrons. The fourth-order valence-corrected chi connectivity index (χ4v) is 4.25. The Hall–Kier alpha value is -1.16. The zero-order valence-electron chi connectivity index (χ0n) is 11.1. The molecule has 4 heteroatoms. The van der Waals surface area contributed by atoms with Gasteiger partial charge in [0.25, 0.3) is 0 Å². The molecule has 0 spiro atoms. The number of nitrogens with zero attached hydrogens (tertiary/aromatic N) is 1. The van der Waals surface area contributed by atoms with Gasteiger partial charge in [-0.05, 0) is 24.2 Å². The van der Waals surface area contributed by atoms with E-state index in [1.807, 2.05) is 0 Å². The average Bonchev–Trinajstić information content (AvgIpc) is 2.57. The molecule has 2 fully saturated rings. The van der Waals surface area contributed by atoms with Crippen LogP contribution in [0.25, 0.3) is 0 Å². The van der Waals surface area contributed by atoms with E-state index < -0.39 is 0 Å². The predicted octanol–water partition coefficient (Wildman–Crippen LogP) is 1.47. The molecule has 2 bridgehead atoms. The summed E-state index contributed by atoms with van der Waals surface area (Å²) in [6.45, 7) is 6.34. The Kier molecular flexibility index (Phi) is 2.14. The highest BCUT2D eigenvalue weighted by Gasteiger charge is 2.66. The summed E-state index contributed by atoms with van der Waals surface area (Å²) in [4.78, 5) is 24.6. The lowest BCUT2D eigenvalue weighted by molar-refractivity contribution is -0.141. The fourth-order valence-electron chi connectivity index (χ4n) is 4.25. The van der Waals surface area contributed by atoms with Crippen LogP contribution in [0, 0.1) is 28.6 Å². The van der Waals surface area contributed by atoms with Gasteiger partial charge in [0.2, 0.25) is 11.8 Å². The normalized spacial score (nSPS) is 46.2. The maximum absolute atomic E-state index is 12.3. The second kappa shape index (κ2) is 3.23. The van der Waals surface area contributed by atoms with Crippen LogP contribution in [0.2, 0.25) is 0 Å². The van der Waals surface area contributed by atoms with Crippen LogP contribution in [0.1, 0.15) is 33.6 Å². The van der Waals surface area contributed by atoms with E-state index in [0.29, 0.717) is 5.92 Å². The Bertz CT molecular complexity index is 470. The number of hydrazine groups is 1. The number of fused-ring (bicyclic) bond motifs is 1. The number of rotatable bonds is 1. The number of nitrogens with two attached hydrogens (primary N) is 1. The second-order valence-corrected chi connectivity index (χ2v) is 6.61. The standard InChI is InChI=1S/C14H20N2O2/c1-8(2)14-6-4-13(3,5-7-14)9-10(14)12(18)16(15)11(9)17/h4,6,8-10H,5,7,15H2,1-3H3/t9-,10+,13-,14+/m1/s1. The SMILES string of the molecule is CC(C)[C@]12C=C[C@](C)(CC1)[C@H]1C(=O)N(N)C(=O)[C@H]12. The predicted molar refractivity (Wildman–Crippen MR) is 66.8 cm³/mol. The molecule has 0 radical (unpaired) electrons. The monoisotopic (exact) mass is 248 g/mol. The Morgan fingerprint density at radius 2 is 1.83 bits per heavy atom. The van der Waals surface area contributed by atoms with E-state index in [9.17, 15) is 9.59 Å². The van der Waals surface area contributed by atoms with Crippen LogP contribution in [-0.4, -0.2) is 16.8 Å². The Morgan fingerprint density at radius 3 is 2.33 bits per heavy atom. The lowest BCUT2D eigenvalue weighted by atomic mass is 9.46. The summed E-state index contributed by atoms with van der Waals surface area (Å²) in [6, 6.07) is 0. The van der Waals surface area contributed by atoms with Crippen molar-refractivity contribution in [2.24, 2.45) is 34.4 Å². The molecular weight excluding hydrogens is 228 g/mol. The van der Waals surface area contributed by atoms with Crippen LogP contribution in [0.15, 0.2) is 12.2 Å². The van der Waals surface area contributed by atoms with Gasteiger partial charge in [0.1, 0.15) is 0 Å². The van der Waals surface area contributed by atoms with Crippen LogP contribution >= 0.6 is 0 Å². The Balaban J connectivity index is 2.19. The first-order valence-electron chi connectivity index (χ1n) is 6.66. The van der Waals surface area contributed by atoms with Gasteiger partial charge < -0.3 is 0 Å². The van der Waals surface area contributed by atoms with E-state index in [1.165, 1.54) is 0 Å². The minimum atomic E-state index is -0.254. The number of hydrogen-bond acceptors (Lipinski definition) is 3. The molecule has 1 aliphatic heterocycles. The van der Waals surface area contributed by atoms with Crippen molar-refractivity contribution in [3.05, 3.63) is 12.2 Å². The number of carbonyl (C=O) groups is 2. The average molecular weight is 248 g/mol. The first kappa shape index (κ1) is 11.9. The van der Waals surface area contributed by atoms with Crippen molar-refractivity contribution in [3.63, 3.8) is 0 Å². The van der Waals surface area contributed by atoms with E-state index in [-0.39, 0.29) is 34.5 Å². The molecule has 2 N–H and O–H groups in total. The van der Waals surface area contributed by atoms with Gasteiger partial charge in [-0.15, -0.1) is 0 Å². The molecule has 4 atom stereocenters. The van der Waals surface area contributed by atoms with Gasteiger partial charge in [0.15, 0.2) is 0 Å². The topological polar surface area (TPSA) is 63.4 Å². The Morgan fingerprint density at radius 1 is 1.22 bits per heavy atom. The molecule has 1 heterocycles. The molecule has 2 amide bonds. The van der Waals surface area contributed by atoms with Crippen LogP contribution in [0.4, 0.5) is 0 Å². The van der Waals surface area contributed by atoms with Crippen molar-refractivity contribution in [2.75, 3.05) is 0 Å². The van der Waals surface area contributed by atoms with E-state index in [0.717, 1.165) is 17.9 Å². The van der Waals surface area contributed by atoms with Gasteiger partial charge >= 0.3 is 0 Å². The molecule has 0 aromatic rings. The van der Waals surface area contributed by atoms with Crippen LogP contribution < -0.4 is 5.84 Å². The van der Waals surface area contributed by atoms with Gasteiger partial charge in [-0.1, -0.05) is 32.9 Å². The fraction of sp³-hybridized carbons (Fsp3) is 0.714. The zero-order chi connectivity index (χ0) is 13.3. The molecule has 4 rings (SSSR count). The molecular formula is C14H20N2O2. The lowest BCUT2D eigenvalue weighted by Gasteiger charge is -2.55. The summed E-state index contributed by atoms with van der Waals surface area (Å²) < 4.78 is 0. The molecule has 1 saturated heterocycles. The van der Waals surface area contributed by atoms with Crippen molar-refractivity contribution in [3.8, 4) is 0 Å². The second-order valence-electron chi connectivity index (χ2n) is 6.61. The van der Waals surface area contributed by atoms with E-state index in [4.69, 9.17) is 5.84 Å². The number of amides is 2. The van der Waals surface area contributed by atoms with Crippen LogP contribution in [-0.2, 0) is 9.59 Å². The molecule has 0 aromatic heterocycles. The summed E-state index contributed by atoms with van der Waals surface area (Å²) in [5, 5.41) is 0.864. The van der Waals surface area contributed by atoms with Crippen molar-refractivity contribution >= 4 is 11.8 Å². The van der Waals surface area contributed by atoms with Crippen molar-refractivity contribution < 1.29 is 9.59 Å². The number of hydrogen-bond donors (Lipinski definition) is 1. The maximum Gasteiger partial charge on any atom is 0.248 e. The minimum absolute atomic E-state index is 0.177. The summed E-state index contributed by atoms with van der Waals surface area (Å²) in [7, 11) is 0. The summed E-state index contributed by atoms with van der Waals surface area (Å²) in [5.74, 6) is 5.12. The highest BCUT2D eigenvalue weighted by molar-refractivity contribution is 6.06. The third kappa shape index (κ3) is 1.10. The largest absolute Gasteiger partial charge is 0.273 e. The molecule has 4 aliphatic rings. The quantitative estimate of drug-likeness (QED) is 0.331. The van der Waals surface area contributed by atoms with Gasteiger partial charge in [-0.25, -0.2) is 10.9 Å². The highest BCUT2D eigenvalue weighted by atomic mass is 16.2. The maximum atomic E-state index is 12.3. The third-order valence-corrected chi connectivity index (χ3v) is 5.58. The molecule has 4 nitrogen and oxygen atoms in total. The zero-order valence-corrected chi connectivity index (χ0v) is 11.1. The third-order valence-electron chi connectivity index (χ3n) is 5.58. The molecule has 1 saturated carbocycles. The van der Waals surface area contributed by atoms with Crippen molar-refractivity contribution in [1.82, 2.24) is 5.01 Å². The van der Waals surface area contributed by atoms with Crippen molar-refractivity contribution in [2.45, 2.75) is 33.6 Å². The number of imide groups is 1. The summed E-state index contributed by atoms with van der Waals surface area (Å²) >= 11 is 0. The van der Waals surface area contributed by atoms with E-state index in [1.54, 1.807) is 0 Å². The lowest BCUT2D eigenvalue weighted by Crippen LogP contribution is -2.53. The van der Waals surface area contributed by atoms with Gasteiger partial charge in [0.05, 0.1) is 11.8 Å². The highest BCUT2D eigenvalue weighted by Crippen LogP contribution is 2.63. The number of allylic oxidation sites excluding steroid dienone is 2. The van der Waals surface area contributed by atoms with Crippen LogP contribution in [0.3, 0.4) is 0 Å². The first-order chi connectivity index (χ1) is 8.33. The van der Waals surface area contributed by atoms with Crippen molar-refractivity contribution in [1.29, 1.82) is 0 Å². The van der Waals surface area contributed by atoms with E-state index >= 15 is 0 Å².